The largest absolute Gasteiger partial charge is 0.423 e. The number of rotatable bonds is 2. The first kappa shape index (κ1) is 16.2. The average molecular weight is 371 g/mol. The number of oxazole rings is 1. The number of benzene rings is 2. The zero-order chi connectivity index (χ0) is 18.7. The van der Waals surface area contributed by atoms with E-state index in [1.165, 1.54) is 54.1 Å². The molecule has 0 amide bonds. The lowest BCUT2D eigenvalue weighted by atomic mass is 9.86. The molecule has 1 aliphatic carbocycles. The van der Waals surface area contributed by atoms with Crippen molar-refractivity contribution in [3.8, 4) is 11.1 Å². The molecule has 1 spiro atoms. The average Bonchev–Trinajstić information content (AvgIpc) is 3.49. The number of hydrogen-bond donors (Lipinski definition) is 0. The van der Waals surface area contributed by atoms with Crippen molar-refractivity contribution < 1.29 is 4.42 Å². The van der Waals surface area contributed by atoms with Crippen molar-refractivity contribution in [1.82, 2.24) is 9.55 Å². The molecule has 0 N–H and O–H groups in total. The summed E-state index contributed by atoms with van der Waals surface area (Å²) < 4.78 is 8.28. The molecule has 0 unspecified atom stereocenters. The number of aryl methyl sites for hydroxylation is 1. The summed E-state index contributed by atoms with van der Waals surface area (Å²) in [7, 11) is 2.08. The molecule has 142 valence electrons. The van der Waals surface area contributed by atoms with E-state index >= 15 is 0 Å². The maximum absolute atomic E-state index is 6.13. The summed E-state index contributed by atoms with van der Waals surface area (Å²) in [5.41, 5.74) is 6.02. The second-order valence-electron chi connectivity index (χ2n) is 8.76. The van der Waals surface area contributed by atoms with E-state index in [-0.39, 0.29) is 0 Å². The lowest BCUT2D eigenvalue weighted by Crippen LogP contribution is -2.24. The van der Waals surface area contributed by atoms with Crippen LogP contribution in [0.5, 0.6) is 0 Å². The number of aromatic nitrogens is 2. The van der Waals surface area contributed by atoms with Gasteiger partial charge < -0.3 is 13.9 Å². The van der Waals surface area contributed by atoms with Gasteiger partial charge in [-0.1, -0.05) is 25.0 Å². The van der Waals surface area contributed by atoms with Gasteiger partial charge in [0.05, 0.1) is 0 Å². The van der Waals surface area contributed by atoms with Crippen LogP contribution in [0, 0.1) is 5.41 Å². The van der Waals surface area contributed by atoms with Crippen molar-refractivity contribution in [2.24, 2.45) is 12.5 Å². The first-order valence-corrected chi connectivity index (χ1v) is 10.4. The molecule has 1 saturated carbocycles. The van der Waals surface area contributed by atoms with Crippen molar-refractivity contribution in [3.05, 3.63) is 48.7 Å². The third-order valence-corrected chi connectivity index (χ3v) is 6.97. The molecule has 2 aromatic carbocycles. The summed E-state index contributed by atoms with van der Waals surface area (Å²) in [6.07, 6.45) is 8.90. The molecule has 4 aromatic rings. The van der Waals surface area contributed by atoms with Gasteiger partial charge in [-0.25, -0.2) is 0 Å². The molecule has 1 aliphatic heterocycles. The molecule has 0 atom stereocenters. The van der Waals surface area contributed by atoms with Gasteiger partial charge in [-0.05, 0) is 66.1 Å². The molecule has 0 radical (unpaired) electrons. The number of fused-ring (bicyclic) bond motifs is 2. The Morgan fingerprint density at radius 1 is 0.964 bits per heavy atom. The Morgan fingerprint density at radius 2 is 1.79 bits per heavy atom. The molecule has 1 saturated heterocycles. The van der Waals surface area contributed by atoms with Gasteiger partial charge in [0.1, 0.15) is 5.52 Å². The number of anilines is 1. The van der Waals surface area contributed by atoms with Gasteiger partial charge in [0.15, 0.2) is 5.58 Å². The molecule has 2 aromatic heterocycles. The molecule has 3 heterocycles. The van der Waals surface area contributed by atoms with Gasteiger partial charge in [-0.15, -0.1) is 0 Å². The van der Waals surface area contributed by atoms with Gasteiger partial charge in [-0.3, -0.25) is 0 Å². The summed E-state index contributed by atoms with van der Waals surface area (Å²) in [6.45, 7) is 2.18. The van der Waals surface area contributed by atoms with Crippen LogP contribution in [0.15, 0.2) is 53.1 Å². The Balaban J connectivity index is 1.33. The Kier molecular flexibility index (Phi) is 3.40. The summed E-state index contributed by atoms with van der Waals surface area (Å²) in [5, 5.41) is 1.26. The predicted molar refractivity (Wildman–Crippen MR) is 114 cm³/mol. The molecule has 2 aliphatic rings. The van der Waals surface area contributed by atoms with E-state index in [1.807, 2.05) is 0 Å². The zero-order valence-corrected chi connectivity index (χ0v) is 16.3. The normalized spacial score (nSPS) is 18.8. The quantitative estimate of drug-likeness (QED) is 0.449. The van der Waals surface area contributed by atoms with Gasteiger partial charge in [0.25, 0.3) is 6.01 Å². The molecule has 4 nitrogen and oxygen atoms in total. The topological polar surface area (TPSA) is 34.2 Å². The molecule has 2 fully saturated rings. The maximum atomic E-state index is 6.13. The Hall–Kier alpha value is -2.75. The van der Waals surface area contributed by atoms with Crippen LogP contribution in [0.3, 0.4) is 0 Å². The predicted octanol–water partition coefficient (Wildman–Crippen LogP) is 5.76. The maximum Gasteiger partial charge on any atom is 0.298 e. The third-order valence-electron chi connectivity index (χ3n) is 6.97. The van der Waals surface area contributed by atoms with Gasteiger partial charge in [0.2, 0.25) is 0 Å². The van der Waals surface area contributed by atoms with E-state index < -0.39 is 0 Å². The lowest BCUT2D eigenvalue weighted by molar-refractivity contribution is 0.339. The van der Waals surface area contributed by atoms with Gasteiger partial charge >= 0.3 is 0 Å². The molecule has 0 bridgehead atoms. The van der Waals surface area contributed by atoms with E-state index in [1.54, 1.807) is 0 Å². The minimum absolute atomic E-state index is 0.525. The Labute approximate surface area is 164 Å². The van der Waals surface area contributed by atoms with Crippen LogP contribution in [0.1, 0.15) is 32.1 Å². The summed E-state index contributed by atoms with van der Waals surface area (Å²) in [4.78, 5) is 7.22. The minimum atomic E-state index is 0.525. The van der Waals surface area contributed by atoms with Crippen LogP contribution in [0.25, 0.3) is 33.1 Å². The van der Waals surface area contributed by atoms with Crippen LogP contribution in [0.4, 0.5) is 6.01 Å². The van der Waals surface area contributed by atoms with E-state index in [4.69, 9.17) is 9.40 Å². The lowest BCUT2D eigenvalue weighted by Gasteiger charge is -2.22. The van der Waals surface area contributed by atoms with Gasteiger partial charge in [-0.2, -0.15) is 4.98 Å². The van der Waals surface area contributed by atoms with Crippen LogP contribution in [0.2, 0.25) is 0 Å². The zero-order valence-electron chi connectivity index (χ0n) is 16.3. The SMILES string of the molecule is Cn1ccc2cc(-c3ccc4oc(N5CCC6(CCCC6)C5)nc4c3)ccc21. The van der Waals surface area contributed by atoms with E-state index in [9.17, 15) is 0 Å². The molecule has 4 heteroatoms. The van der Waals surface area contributed by atoms with Crippen LogP contribution < -0.4 is 4.90 Å². The van der Waals surface area contributed by atoms with Crippen LogP contribution in [-0.4, -0.2) is 22.6 Å². The highest BCUT2D eigenvalue weighted by Crippen LogP contribution is 2.46. The highest BCUT2D eigenvalue weighted by Gasteiger charge is 2.41. The fraction of sp³-hybridized carbons (Fsp3) is 0.375. The number of nitrogens with zero attached hydrogens (tertiary/aromatic N) is 3. The summed E-state index contributed by atoms with van der Waals surface area (Å²) >= 11 is 0. The molecule has 6 rings (SSSR count). The summed E-state index contributed by atoms with van der Waals surface area (Å²) in [5.74, 6) is 0. The van der Waals surface area contributed by atoms with Crippen molar-refractivity contribution in [2.75, 3.05) is 18.0 Å². The highest BCUT2D eigenvalue weighted by atomic mass is 16.4. The van der Waals surface area contributed by atoms with Crippen molar-refractivity contribution in [2.45, 2.75) is 32.1 Å². The van der Waals surface area contributed by atoms with E-state index in [2.05, 4.69) is 65.2 Å². The fourth-order valence-corrected chi connectivity index (χ4v) is 5.32. The summed E-state index contributed by atoms with van der Waals surface area (Å²) in [6, 6.07) is 16.0. The standard InChI is InChI=1S/C24H25N3O/c1-26-12-8-19-14-17(4-6-21(19)26)18-5-7-22-20(15-18)25-23(28-22)27-13-11-24(16-27)9-2-3-10-24/h4-8,12,14-15H,2-3,9-11,13,16H2,1H3. The Bertz CT molecular complexity index is 1180. The van der Waals surface area contributed by atoms with E-state index in [0.29, 0.717) is 5.41 Å². The number of hydrogen-bond acceptors (Lipinski definition) is 3. The molecule has 28 heavy (non-hydrogen) atoms. The second kappa shape index (κ2) is 5.87. The van der Waals surface area contributed by atoms with E-state index in [0.717, 1.165) is 30.2 Å². The monoisotopic (exact) mass is 371 g/mol. The first-order valence-electron chi connectivity index (χ1n) is 10.4. The third kappa shape index (κ3) is 2.47. The second-order valence-corrected chi connectivity index (χ2v) is 8.76. The first-order chi connectivity index (χ1) is 13.7. The fourth-order valence-electron chi connectivity index (χ4n) is 5.32. The van der Waals surface area contributed by atoms with Gasteiger partial charge in [0, 0.05) is 37.2 Å². The molecular weight excluding hydrogens is 346 g/mol. The Morgan fingerprint density at radius 3 is 2.68 bits per heavy atom. The van der Waals surface area contributed by atoms with Crippen LogP contribution in [-0.2, 0) is 7.05 Å². The smallest absolute Gasteiger partial charge is 0.298 e. The highest BCUT2D eigenvalue weighted by molar-refractivity contribution is 5.88. The molecular formula is C24H25N3O. The van der Waals surface area contributed by atoms with Crippen molar-refractivity contribution in [1.29, 1.82) is 0 Å². The van der Waals surface area contributed by atoms with Crippen molar-refractivity contribution in [3.63, 3.8) is 0 Å². The van der Waals surface area contributed by atoms with Crippen LogP contribution >= 0.6 is 0 Å². The minimum Gasteiger partial charge on any atom is -0.423 e. The van der Waals surface area contributed by atoms with Crippen molar-refractivity contribution >= 4 is 28.0 Å².